The minimum Gasteiger partial charge on any atom is -0.494 e. The fourth-order valence-electron chi connectivity index (χ4n) is 2.71. The number of carbonyl (C=O) groups is 1. The number of ether oxygens (including phenoxy) is 1. The molecule has 1 saturated heterocycles. The van der Waals surface area contributed by atoms with Gasteiger partial charge in [-0.05, 0) is 49.9 Å². The number of hydrogen-bond acceptors (Lipinski definition) is 3. The van der Waals surface area contributed by atoms with Crippen LogP contribution in [0.25, 0.3) is 0 Å². The van der Waals surface area contributed by atoms with E-state index in [1.807, 2.05) is 17.9 Å². The predicted octanol–water partition coefficient (Wildman–Crippen LogP) is 2.15. The number of aryl methyl sites for hydroxylation is 2. The number of nitrogens with zero attached hydrogens (tertiary/aromatic N) is 1. The molecule has 116 valence electrons. The molecule has 1 fully saturated rings. The van der Waals surface area contributed by atoms with E-state index < -0.39 is 0 Å². The molecule has 0 radical (unpaired) electrons. The maximum absolute atomic E-state index is 12.1. The number of carbonyl (C=O) groups excluding carboxylic acids is 1. The van der Waals surface area contributed by atoms with Gasteiger partial charge in [0.1, 0.15) is 5.75 Å². The molecule has 0 spiro atoms. The molecule has 1 aliphatic heterocycles. The summed E-state index contributed by atoms with van der Waals surface area (Å²) in [6.45, 7) is 8.33. The third kappa shape index (κ3) is 4.74. The van der Waals surface area contributed by atoms with E-state index in [-0.39, 0.29) is 0 Å². The molecule has 1 aromatic rings. The van der Waals surface area contributed by atoms with Crippen molar-refractivity contribution < 1.29 is 9.53 Å². The largest absolute Gasteiger partial charge is 0.494 e. The van der Waals surface area contributed by atoms with Gasteiger partial charge in [-0.1, -0.05) is 6.07 Å². The van der Waals surface area contributed by atoms with Crippen LogP contribution >= 0.6 is 0 Å². The fourth-order valence-corrected chi connectivity index (χ4v) is 2.71. The van der Waals surface area contributed by atoms with E-state index in [1.54, 1.807) is 0 Å². The van der Waals surface area contributed by atoms with Crippen LogP contribution in [0.2, 0.25) is 0 Å². The summed E-state index contributed by atoms with van der Waals surface area (Å²) < 4.78 is 5.50. The smallest absolute Gasteiger partial charge is 0.222 e. The second kappa shape index (κ2) is 8.03. The van der Waals surface area contributed by atoms with Crippen LogP contribution in [0.1, 0.15) is 30.9 Å². The SMILES string of the molecule is CCOc1ccc(CCCC(=O)N2CCNCC2)c(C)c1. The van der Waals surface area contributed by atoms with Crippen molar-refractivity contribution >= 4 is 5.91 Å². The van der Waals surface area contributed by atoms with Gasteiger partial charge < -0.3 is 15.0 Å². The molecule has 0 saturated carbocycles. The first-order valence-corrected chi connectivity index (χ1v) is 7.91. The van der Waals surface area contributed by atoms with Gasteiger partial charge in [0.15, 0.2) is 0 Å². The third-order valence-electron chi connectivity index (χ3n) is 3.93. The Bertz CT molecular complexity index is 468. The Labute approximate surface area is 127 Å². The lowest BCUT2D eigenvalue weighted by Crippen LogP contribution is -2.46. The quantitative estimate of drug-likeness (QED) is 0.873. The van der Waals surface area contributed by atoms with E-state index in [2.05, 4.69) is 24.4 Å². The van der Waals surface area contributed by atoms with E-state index in [0.717, 1.165) is 44.8 Å². The van der Waals surface area contributed by atoms with Crippen molar-refractivity contribution in [3.8, 4) is 5.75 Å². The summed E-state index contributed by atoms with van der Waals surface area (Å²) in [5.41, 5.74) is 2.56. The highest BCUT2D eigenvalue weighted by Crippen LogP contribution is 2.19. The number of rotatable bonds is 6. The van der Waals surface area contributed by atoms with Crippen LogP contribution in [0, 0.1) is 6.92 Å². The summed E-state index contributed by atoms with van der Waals surface area (Å²) >= 11 is 0. The van der Waals surface area contributed by atoms with Gasteiger partial charge in [-0.3, -0.25) is 4.79 Å². The number of nitrogens with one attached hydrogen (secondary N) is 1. The average Bonchev–Trinajstić information content (AvgIpc) is 2.50. The lowest BCUT2D eigenvalue weighted by molar-refractivity contribution is -0.131. The summed E-state index contributed by atoms with van der Waals surface area (Å²) in [4.78, 5) is 14.1. The van der Waals surface area contributed by atoms with E-state index in [9.17, 15) is 4.79 Å². The van der Waals surface area contributed by atoms with Crippen molar-refractivity contribution in [2.45, 2.75) is 33.1 Å². The number of benzene rings is 1. The molecule has 1 aliphatic rings. The summed E-state index contributed by atoms with van der Waals surface area (Å²) in [7, 11) is 0. The highest BCUT2D eigenvalue weighted by atomic mass is 16.5. The molecule has 0 aliphatic carbocycles. The molecule has 0 aromatic heterocycles. The van der Waals surface area contributed by atoms with Crippen LogP contribution in [0.15, 0.2) is 18.2 Å². The van der Waals surface area contributed by atoms with Crippen LogP contribution < -0.4 is 10.1 Å². The molecular formula is C17H26N2O2. The Morgan fingerprint density at radius 2 is 2.10 bits per heavy atom. The van der Waals surface area contributed by atoms with Crippen molar-refractivity contribution in [2.24, 2.45) is 0 Å². The Morgan fingerprint density at radius 1 is 1.33 bits per heavy atom. The standard InChI is InChI=1S/C17H26N2O2/c1-3-21-16-8-7-15(14(2)13-16)5-4-6-17(20)19-11-9-18-10-12-19/h7-8,13,18H,3-6,9-12H2,1-2H3. The third-order valence-corrected chi connectivity index (χ3v) is 3.93. The molecule has 1 heterocycles. The Balaban J connectivity index is 1.78. The molecule has 1 amide bonds. The molecule has 0 unspecified atom stereocenters. The van der Waals surface area contributed by atoms with Crippen LogP contribution in [0.3, 0.4) is 0 Å². The fraction of sp³-hybridized carbons (Fsp3) is 0.588. The maximum atomic E-state index is 12.1. The zero-order valence-corrected chi connectivity index (χ0v) is 13.2. The van der Waals surface area contributed by atoms with Crippen molar-refractivity contribution in [2.75, 3.05) is 32.8 Å². The minimum atomic E-state index is 0.292. The molecule has 0 atom stereocenters. The molecule has 1 N–H and O–H groups in total. The van der Waals surface area contributed by atoms with E-state index in [4.69, 9.17) is 4.74 Å². The van der Waals surface area contributed by atoms with Gasteiger partial charge >= 0.3 is 0 Å². The molecular weight excluding hydrogens is 264 g/mol. The second-order valence-electron chi connectivity index (χ2n) is 5.51. The van der Waals surface area contributed by atoms with Crippen LogP contribution in [0.4, 0.5) is 0 Å². The molecule has 1 aromatic carbocycles. The Kier molecular flexibility index (Phi) is 6.05. The normalized spacial score (nSPS) is 15.0. The van der Waals surface area contributed by atoms with Crippen LogP contribution in [0.5, 0.6) is 5.75 Å². The van der Waals surface area contributed by atoms with Crippen LogP contribution in [-0.4, -0.2) is 43.6 Å². The first-order chi connectivity index (χ1) is 10.2. The van der Waals surface area contributed by atoms with Gasteiger partial charge in [0.2, 0.25) is 5.91 Å². The van der Waals surface area contributed by atoms with E-state index in [0.29, 0.717) is 18.9 Å². The lowest BCUT2D eigenvalue weighted by Gasteiger charge is -2.27. The van der Waals surface area contributed by atoms with Crippen LogP contribution in [-0.2, 0) is 11.2 Å². The molecule has 4 heteroatoms. The van der Waals surface area contributed by atoms with Gasteiger partial charge in [0.25, 0.3) is 0 Å². The predicted molar refractivity (Wildman–Crippen MR) is 84.7 cm³/mol. The summed E-state index contributed by atoms with van der Waals surface area (Å²) in [5.74, 6) is 1.22. The Morgan fingerprint density at radius 3 is 2.76 bits per heavy atom. The number of amides is 1. The zero-order valence-electron chi connectivity index (χ0n) is 13.2. The van der Waals surface area contributed by atoms with E-state index in [1.165, 1.54) is 11.1 Å². The second-order valence-corrected chi connectivity index (χ2v) is 5.51. The number of piperazine rings is 1. The minimum absolute atomic E-state index is 0.292. The topological polar surface area (TPSA) is 41.6 Å². The summed E-state index contributed by atoms with van der Waals surface area (Å²) in [5, 5.41) is 3.27. The van der Waals surface area contributed by atoms with Gasteiger partial charge in [-0.2, -0.15) is 0 Å². The maximum Gasteiger partial charge on any atom is 0.222 e. The van der Waals surface area contributed by atoms with Gasteiger partial charge in [0.05, 0.1) is 6.61 Å². The van der Waals surface area contributed by atoms with Crippen molar-refractivity contribution in [3.63, 3.8) is 0 Å². The lowest BCUT2D eigenvalue weighted by atomic mass is 10.0. The first kappa shape index (κ1) is 15.8. The van der Waals surface area contributed by atoms with Gasteiger partial charge in [0, 0.05) is 32.6 Å². The highest BCUT2D eigenvalue weighted by molar-refractivity contribution is 5.76. The highest BCUT2D eigenvalue weighted by Gasteiger charge is 2.15. The summed E-state index contributed by atoms with van der Waals surface area (Å²) in [6, 6.07) is 6.22. The van der Waals surface area contributed by atoms with Crippen molar-refractivity contribution in [3.05, 3.63) is 29.3 Å². The summed E-state index contributed by atoms with van der Waals surface area (Å²) in [6.07, 6.45) is 2.51. The Hall–Kier alpha value is -1.55. The van der Waals surface area contributed by atoms with Gasteiger partial charge in [-0.15, -0.1) is 0 Å². The van der Waals surface area contributed by atoms with Crippen molar-refractivity contribution in [1.29, 1.82) is 0 Å². The molecule has 0 bridgehead atoms. The average molecular weight is 290 g/mol. The van der Waals surface area contributed by atoms with E-state index >= 15 is 0 Å². The monoisotopic (exact) mass is 290 g/mol. The molecule has 21 heavy (non-hydrogen) atoms. The molecule has 4 nitrogen and oxygen atoms in total. The van der Waals surface area contributed by atoms with Gasteiger partial charge in [-0.25, -0.2) is 0 Å². The zero-order chi connectivity index (χ0) is 15.1. The first-order valence-electron chi connectivity index (χ1n) is 7.91. The van der Waals surface area contributed by atoms with Crippen molar-refractivity contribution in [1.82, 2.24) is 10.2 Å². The molecule has 2 rings (SSSR count). The number of hydrogen-bond donors (Lipinski definition) is 1.